The molecular formula is C31H39N3O5S. The number of carbonyl (C=O) groups excluding carboxylic acids is 1. The first-order valence-electron chi connectivity index (χ1n) is 13.8. The van der Waals surface area contributed by atoms with Gasteiger partial charge in [-0.2, -0.15) is 0 Å². The van der Waals surface area contributed by atoms with Gasteiger partial charge in [-0.25, -0.2) is 9.97 Å². The number of hydrogen-bond acceptors (Lipinski definition) is 7. The Morgan fingerprint density at radius 2 is 1.95 bits per heavy atom. The maximum atomic E-state index is 13.3. The lowest BCUT2D eigenvalue weighted by atomic mass is 9.95. The van der Waals surface area contributed by atoms with Crippen LogP contribution in [0.3, 0.4) is 0 Å². The second kappa shape index (κ2) is 12.8. The molecule has 9 heteroatoms. The van der Waals surface area contributed by atoms with E-state index >= 15 is 0 Å². The van der Waals surface area contributed by atoms with Crippen molar-refractivity contribution in [3.63, 3.8) is 0 Å². The molecule has 8 nitrogen and oxygen atoms in total. The van der Waals surface area contributed by atoms with Gasteiger partial charge in [-0.1, -0.05) is 19.9 Å². The lowest BCUT2D eigenvalue weighted by Crippen LogP contribution is -2.37. The van der Waals surface area contributed by atoms with Gasteiger partial charge in [-0.05, 0) is 57.1 Å². The number of methoxy groups -OCH3 is 1. The van der Waals surface area contributed by atoms with Crippen LogP contribution in [0, 0.1) is 18.8 Å². The fourth-order valence-corrected chi connectivity index (χ4v) is 6.26. The van der Waals surface area contributed by atoms with Gasteiger partial charge in [0, 0.05) is 36.0 Å². The number of thiazole rings is 1. The van der Waals surface area contributed by atoms with Crippen molar-refractivity contribution < 1.29 is 24.2 Å². The molecule has 1 amide bonds. The number of carboxylic acids is 1. The number of carboxylic acid groups (broad SMARTS) is 1. The number of rotatable bonds is 12. The molecule has 2 aromatic heterocycles. The Morgan fingerprint density at radius 3 is 2.60 bits per heavy atom. The van der Waals surface area contributed by atoms with Crippen LogP contribution in [0.25, 0.3) is 21.6 Å². The van der Waals surface area contributed by atoms with Crippen LogP contribution < -0.4 is 9.47 Å². The number of benzene rings is 1. The molecule has 1 saturated carbocycles. The molecule has 1 aliphatic carbocycles. The van der Waals surface area contributed by atoms with Crippen molar-refractivity contribution in [2.75, 3.05) is 20.7 Å². The Bertz CT molecular complexity index is 1380. The normalized spacial score (nSPS) is 18.7. The van der Waals surface area contributed by atoms with E-state index in [0.29, 0.717) is 30.3 Å². The predicted octanol–water partition coefficient (Wildman–Crippen LogP) is 6.47. The standard InChI is InChI=1S/C31H39N3O5S/c1-7-8-9-10-13-34(5)30(35)22-14-20(15-23(22)31(36)37)39-27-16-24(29-33-25(17-40-29)18(2)3)32-28-19(4)26(38-6)12-11-21(27)28/h7,11-12,16-18,20,22-23H,1,8-10,13-15H2,2-6H3,(H,36,37)/t20-,22?,23?/m0/s1. The van der Waals surface area contributed by atoms with Gasteiger partial charge in [0.05, 0.1) is 30.2 Å². The van der Waals surface area contributed by atoms with Gasteiger partial charge in [0.25, 0.3) is 0 Å². The van der Waals surface area contributed by atoms with Crippen LogP contribution in [-0.4, -0.2) is 58.7 Å². The summed E-state index contributed by atoms with van der Waals surface area (Å²) in [7, 11) is 3.38. The summed E-state index contributed by atoms with van der Waals surface area (Å²) in [6.45, 7) is 10.5. The molecule has 1 aromatic carbocycles. The molecule has 1 N–H and O–H groups in total. The summed E-state index contributed by atoms with van der Waals surface area (Å²) in [6.07, 6.45) is 4.74. The lowest BCUT2D eigenvalue weighted by Gasteiger charge is -2.23. The summed E-state index contributed by atoms with van der Waals surface area (Å²) >= 11 is 1.53. The minimum Gasteiger partial charge on any atom is -0.496 e. The van der Waals surface area contributed by atoms with Crippen LogP contribution in [0.15, 0.2) is 36.2 Å². The molecule has 0 radical (unpaired) electrons. The third kappa shape index (κ3) is 6.30. The van der Waals surface area contributed by atoms with Gasteiger partial charge in [-0.15, -0.1) is 17.9 Å². The zero-order chi connectivity index (χ0) is 29.0. The third-order valence-corrected chi connectivity index (χ3v) is 8.56. The minimum absolute atomic E-state index is 0.137. The smallest absolute Gasteiger partial charge is 0.307 e. The number of unbranched alkanes of at least 4 members (excludes halogenated alkanes) is 2. The number of fused-ring (bicyclic) bond motifs is 1. The number of hydrogen-bond donors (Lipinski definition) is 1. The summed E-state index contributed by atoms with van der Waals surface area (Å²) in [4.78, 5) is 36.9. The van der Waals surface area contributed by atoms with Gasteiger partial charge < -0.3 is 19.5 Å². The molecule has 4 rings (SSSR count). The van der Waals surface area contributed by atoms with Gasteiger partial charge in [0.2, 0.25) is 5.91 Å². The van der Waals surface area contributed by atoms with Gasteiger partial charge >= 0.3 is 5.97 Å². The van der Waals surface area contributed by atoms with E-state index in [2.05, 4.69) is 20.4 Å². The van der Waals surface area contributed by atoms with Gasteiger partial charge in [0.15, 0.2) is 0 Å². The van der Waals surface area contributed by atoms with Gasteiger partial charge in [-0.3, -0.25) is 9.59 Å². The quantitative estimate of drug-likeness (QED) is 0.198. The molecule has 3 atom stereocenters. The van der Waals surface area contributed by atoms with Crippen molar-refractivity contribution in [1.82, 2.24) is 14.9 Å². The SMILES string of the molecule is C=CCCCCN(C)C(=O)C1C[C@H](Oc2cc(-c3nc(C(C)C)cs3)nc3c(C)c(OC)ccc23)CC1C(=O)O. The highest BCUT2D eigenvalue weighted by molar-refractivity contribution is 7.13. The van der Waals surface area contributed by atoms with Crippen molar-refractivity contribution in [1.29, 1.82) is 0 Å². The molecule has 3 aromatic rings. The predicted molar refractivity (Wildman–Crippen MR) is 158 cm³/mol. The Hall–Kier alpha value is -3.46. The number of amides is 1. The fourth-order valence-electron chi connectivity index (χ4n) is 5.32. The molecular weight excluding hydrogens is 526 g/mol. The number of pyridine rings is 1. The number of aryl methyl sites for hydroxylation is 1. The third-order valence-electron chi connectivity index (χ3n) is 7.67. The zero-order valence-corrected chi connectivity index (χ0v) is 24.8. The van der Waals surface area contributed by atoms with Crippen LogP contribution in [0.1, 0.15) is 63.1 Å². The van der Waals surface area contributed by atoms with E-state index in [-0.39, 0.29) is 12.3 Å². The average Bonchev–Trinajstić information content (AvgIpc) is 3.59. The molecule has 1 aliphatic rings. The summed E-state index contributed by atoms with van der Waals surface area (Å²) in [5.74, 6) is -0.907. The van der Waals surface area contributed by atoms with Crippen LogP contribution in [-0.2, 0) is 9.59 Å². The molecule has 0 aliphatic heterocycles. The van der Waals surface area contributed by atoms with Crippen LogP contribution in [0.4, 0.5) is 0 Å². The van der Waals surface area contributed by atoms with E-state index in [4.69, 9.17) is 19.4 Å². The Labute approximate surface area is 240 Å². The van der Waals surface area contributed by atoms with E-state index in [9.17, 15) is 14.7 Å². The number of aliphatic carboxylic acids is 1. The second-order valence-electron chi connectivity index (χ2n) is 10.8. The van der Waals surface area contributed by atoms with E-state index in [1.807, 2.05) is 36.6 Å². The van der Waals surface area contributed by atoms with E-state index in [1.54, 1.807) is 19.1 Å². The van der Waals surface area contributed by atoms with Crippen molar-refractivity contribution in [3.8, 4) is 22.2 Å². The van der Waals surface area contributed by atoms with Crippen LogP contribution in [0.2, 0.25) is 0 Å². The van der Waals surface area contributed by atoms with Crippen molar-refractivity contribution in [2.45, 2.75) is 64.9 Å². The Kier molecular flexibility index (Phi) is 9.45. The van der Waals surface area contributed by atoms with Crippen LogP contribution >= 0.6 is 11.3 Å². The molecule has 0 spiro atoms. The minimum atomic E-state index is -0.964. The number of carbonyl (C=O) groups is 2. The van der Waals surface area contributed by atoms with Crippen molar-refractivity contribution in [3.05, 3.63) is 47.5 Å². The number of allylic oxidation sites excluding steroid dienone is 1. The molecule has 0 saturated heterocycles. The Morgan fingerprint density at radius 1 is 1.20 bits per heavy atom. The number of aromatic nitrogens is 2. The molecule has 1 fully saturated rings. The van der Waals surface area contributed by atoms with Crippen molar-refractivity contribution in [2.24, 2.45) is 11.8 Å². The maximum Gasteiger partial charge on any atom is 0.307 e. The zero-order valence-electron chi connectivity index (χ0n) is 24.0. The highest BCUT2D eigenvalue weighted by Gasteiger charge is 2.45. The molecule has 2 unspecified atom stereocenters. The average molecular weight is 566 g/mol. The largest absolute Gasteiger partial charge is 0.496 e. The monoisotopic (exact) mass is 565 g/mol. The van der Waals surface area contributed by atoms with Crippen molar-refractivity contribution >= 4 is 34.1 Å². The molecule has 2 heterocycles. The van der Waals surface area contributed by atoms with E-state index in [1.165, 1.54) is 11.3 Å². The first kappa shape index (κ1) is 29.5. The second-order valence-corrected chi connectivity index (χ2v) is 11.7. The highest BCUT2D eigenvalue weighted by atomic mass is 32.1. The summed E-state index contributed by atoms with van der Waals surface area (Å²) < 4.78 is 12.1. The maximum absolute atomic E-state index is 13.3. The van der Waals surface area contributed by atoms with Gasteiger partial charge in [0.1, 0.15) is 28.3 Å². The highest BCUT2D eigenvalue weighted by Crippen LogP contribution is 2.40. The number of ether oxygens (including phenoxy) is 2. The lowest BCUT2D eigenvalue weighted by molar-refractivity contribution is -0.148. The summed E-state index contributed by atoms with van der Waals surface area (Å²) in [6, 6.07) is 5.68. The topological polar surface area (TPSA) is 102 Å². The molecule has 0 bridgehead atoms. The first-order valence-corrected chi connectivity index (χ1v) is 14.7. The number of nitrogens with zero attached hydrogens (tertiary/aromatic N) is 3. The van der Waals surface area contributed by atoms with Crippen LogP contribution in [0.5, 0.6) is 11.5 Å². The van der Waals surface area contributed by atoms with E-state index < -0.39 is 23.9 Å². The van der Waals surface area contributed by atoms with E-state index in [0.717, 1.165) is 52.2 Å². The summed E-state index contributed by atoms with van der Waals surface area (Å²) in [5.41, 5.74) is 3.32. The molecule has 40 heavy (non-hydrogen) atoms. The molecule has 214 valence electrons. The fraction of sp³-hybridized carbons (Fsp3) is 0.484. The summed E-state index contributed by atoms with van der Waals surface area (Å²) in [5, 5.41) is 13.6. The first-order chi connectivity index (χ1) is 19.1. The Balaban J connectivity index is 1.64.